The van der Waals surface area contributed by atoms with Crippen LogP contribution in [0.1, 0.15) is 11.1 Å². The molecule has 2 heterocycles. The number of hydrogen-bond donors (Lipinski definition) is 0. The fourth-order valence-corrected chi connectivity index (χ4v) is 3.29. The monoisotopic (exact) mass is 274 g/mol. The van der Waals surface area contributed by atoms with Crippen molar-refractivity contribution in [3.63, 3.8) is 0 Å². The van der Waals surface area contributed by atoms with Crippen LogP contribution in [0.25, 0.3) is 20.8 Å². The van der Waals surface area contributed by atoms with Crippen LogP contribution in [0.15, 0.2) is 30.5 Å². The molecule has 0 amide bonds. The average molecular weight is 275 g/mol. The zero-order valence-corrected chi connectivity index (χ0v) is 11.6. The van der Waals surface area contributed by atoms with Crippen molar-refractivity contribution in [2.24, 2.45) is 0 Å². The summed E-state index contributed by atoms with van der Waals surface area (Å²) >= 11 is 7.67. The summed E-state index contributed by atoms with van der Waals surface area (Å²) in [5.41, 5.74) is 4.57. The van der Waals surface area contributed by atoms with Crippen LogP contribution in [-0.4, -0.2) is 9.97 Å². The number of aromatic nitrogens is 2. The summed E-state index contributed by atoms with van der Waals surface area (Å²) < 4.78 is 0.953. The van der Waals surface area contributed by atoms with Crippen LogP contribution < -0.4 is 0 Å². The second-order valence-corrected chi connectivity index (χ2v) is 5.64. The topological polar surface area (TPSA) is 25.8 Å². The molecule has 4 heteroatoms. The molecule has 0 atom stereocenters. The second kappa shape index (κ2) is 4.34. The van der Waals surface area contributed by atoms with Gasteiger partial charge in [-0.1, -0.05) is 35.4 Å². The first-order valence-electron chi connectivity index (χ1n) is 5.64. The van der Waals surface area contributed by atoms with Gasteiger partial charge in [-0.3, -0.25) is 0 Å². The lowest BCUT2D eigenvalue weighted by molar-refractivity contribution is 1.34. The van der Waals surface area contributed by atoms with Gasteiger partial charge >= 0.3 is 0 Å². The van der Waals surface area contributed by atoms with E-state index in [1.54, 1.807) is 17.5 Å². The lowest BCUT2D eigenvalue weighted by Gasteiger charge is -2.02. The van der Waals surface area contributed by atoms with Crippen molar-refractivity contribution >= 4 is 33.2 Å². The van der Waals surface area contributed by atoms with Gasteiger partial charge in [-0.05, 0) is 25.5 Å². The van der Waals surface area contributed by atoms with Crippen LogP contribution in [0.4, 0.5) is 0 Å². The van der Waals surface area contributed by atoms with Gasteiger partial charge in [0.15, 0.2) is 0 Å². The normalized spacial score (nSPS) is 11.1. The quantitative estimate of drug-likeness (QED) is 0.605. The highest BCUT2D eigenvalue weighted by Gasteiger charge is 2.11. The van der Waals surface area contributed by atoms with E-state index in [2.05, 4.69) is 42.0 Å². The van der Waals surface area contributed by atoms with E-state index in [-0.39, 0.29) is 0 Å². The Morgan fingerprint density at radius 3 is 2.72 bits per heavy atom. The summed E-state index contributed by atoms with van der Waals surface area (Å²) in [7, 11) is 0. The highest BCUT2D eigenvalue weighted by molar-refractivity contribution is 7.22. The van der Waals surface area contributed by atoms with Gasteiger partial charge in [0.25, 0.3) is 0 Å². The van der Waals surface area contributed by atoms with Gasteiger partial charge in [-0.25, -0.2) is 9.97 Å². The molecular formula is C14H11ClN2S. The Kier molecular flexibility index (Phi) is 2.80. The van der Waals surface area contributed by atoms with Crippen molar-refractivity contribution in [1.29, 1.82) is 0 Å². The van der Waals surface area contributed by atoms with Crippen molar-refractivity contribution in [3.8, 4) is 10.6 Å². The summed E-state index contributed by atoms with van der Waals surface area (Å²) in [6.45, 7) is 4.20. The van der Waals surface area contributed by atoms with Crippen molar-refractivity contribution in [2.75, 3.05) is 0 Å². The van der Waals surface area contributed by atoms with Gasteiger partial charge in [0, 0.05) is 11.8 Å². The molecule has 0 bridgehead atoms. The first-order chi connectivity index (χ1) is 8.65. The first kappa shape index (κ1) is 11.6. The third-order valence-electron chi connectivity index (χ3n) is 2.87. The molecule has 0 spiro atoms. The zero-order chi connectivity index (χ0) is 12.7. The van der Waals surface area contributed by atoms with Crippen LogP contribution in [-0.2, 0) is 0 Å². The van der Waals surface area contributed by atoms with Crippen molar-refractivity contribution in [1.82, 2.24) is 9.97 Å². The largest absolute Gasteiger partial charge is 0.243 e. The third kappa shape index (κ3) is 1.89. The molecule has 0 fully saturated rings. The maximum absolute atomic E-state index is 6.08. The van der Waals surface area contributed by atoms with Crippen LogP contribution >= 0.6 is 22.9 Å². The Morgan fingerprint density at radius 2 is 2.00 bits per heavy atom. The third-order valence-corrected chi connectivity index (χ3v) is 4.38. The lowest BCUT2D eigenvalue weighted by Crippen LogP contribution is -1.83. The number of fused-ring (bicyclic) bond motifs is 1. The Bertz CT molecular complexity index is 734. The van der Waals surface area contributed by atoms with Gasteiger partial charge < -0.3 is 0 Å². The van der Waals surface area contributed by atoms with Crippen LogP contribution in [0.3, 0.4) is 0 Å². The first-order valence-corrected chi connectivity index (χ1v) is 6.83. The molecule has 3 aromatic rings. The molecule has 2 nitrogen and oxygen atoms in total. The molecule has 0 aliphatic carbocycles. The minimum atomic E-state index is 0.529. The number of aryl methyl sites for hydroxylation is 2. The van der Waals surface area contributed by atoms with E-state index in [1.165, 1.54) is 11.1 Å². The molecular weight excluding hydrogens is 264 g/mol. The van der Waals surface area contributed by atoms with Gasteiger partial charge in [0.2, 0.25) is 0 Å². The molecule has 0 saturated carbocycles. The van der Waals surface area contributed by atoms with Gasteiger partial charge in [-0.2, -0.15) is 0 Å². The van der Waals surface area contributed by atoms with Gasteiger partial charge in [0.05, 0.1) is 10.2 Å². The molecule has 0 N–H and O–H groups in total. The summed E-state index contributed by atoms with van der Waals surface area (Å²) in [5, 5.41) is 1.53. The van der Waals surface area contributed by atoms with E-state index in [1.807, 2.05) is 6.07 Å². The van der Waals surface area contributed by atoms with Crippen molar-refractivity contribution in [2.45, 2.75) is 13.8 Å². The standard InChI is InChI=1S/C14H11ClN2S/c1-8-3-4-10(9(2)7-8)14-17-11-5-6-16-13(15)12(11)18-14/h3-7H,1-2H3. The number of pyridine rings is 1. The Balaban J connectivity index is 2.23. The summed E-state index contributed by atoms with van der Waals surface area (Å²) in [6.07, 6.45) is 1.69. The number of rotatable bonds is 1. The molecule has 18 heavy (non-hydrogen) atoms. The predicted molar refractivity (Wildman–Crippen MR) is 77.3 cm³/mol. The Hall–Kier alpha value is -1.45. The van der Waals surface area contributed by atoms with Crippen molar-refractivity contribution < 1.29 is 0 Å². The van der Waals surface area contributed by atoms with E-state index in [0.29, 0.717) is 5.15 Å². The molecule has 90 valence electrons. The Morgan fingerprint density at radius 1 is 1.17 bits per heavy atom. The molecule has 0 radical (unpaired) electrons. The fourth-order valence-electron chi connectivity index (χ4n) is 1.99. The molecule has 0 unspecified atom stereocenters. The van der Waals surface area contributed by atoms with E-state index in [9.17, 15) is 0 Å². The molecule has 0 aliphatic rings. The molecule has 0 aliphatic heterocycles. The van der Waals surface area contributed by atoms with Gasteiger partial charge in [-0.15, -0.1) is 11.3 Å². The average Bonchev–Trinajstić information content (AvgIpc) is 2.74. The number of halogens is 1. The zero-order valence-electron chi connectivity index (χ0n) is 10.1. The lowest BCUT2D eigenvalue weighted by atomic mass is 10.1. The second-order valence-electron chi connectivity index (χ2n) is 4.29. The van der Waals surface area contributed by atoms with Crippen molar-refractivity contribution in [3.05, 3.63) is 46.7 Å². The Labute approximate surface area is 114 Å². The highest BCUT2D eigenvalue weighted by atomic mass is 35.5. The highest BCUT2D eigenvalue weighted by Crippen LogP contribution is 2.34. The predicted octanol–water partition coefficient (Wildman–Crippen LogP) is 4.63. The minimum absolute atomic E-state index is 0.529. The summed E-state index contributed by atoms with van der Waals surface area (Å²) in [6, 6.07) is 8.28. The van der Waals surface area contributed by atoms with Crippen LogP contribution in [0.5, 0.6) is 0 Å². The van der Waals surface area contributed by atoms with Crippen LogP contribution in [0, 0.1) is 13.8 Å². The number of nitrogens with zero attached hydrogens (tertiary/aromatic N) is 2. The summed E-state index contributed by atoms with van der Waals surface area (Å²) in [5.74, 6) is 0. The van der Waals surface area contributed by atoms with Crippen LogP contribution in [0.2, 0.25) is 5.15 Å². The molecule has 2 aromatic heterocycles. The fraction of sp³-hybridized carbons (Fsp3) is 0.143. The maximum atomic E-state index is 6.08. The molecule has 0 saturated heterocycles. The molecule has 3 rings (SSSR count). The van der Waals surface area contributed by atoms with E-state index >= 15 is 0 Å². The molecule has 1 aromatic carbocycles. The van der Waals surface area contributed by atoms with E-state index < -0.39 is 0 Å². The smallest absolute Gasteiger partial charge is 0.148 e. The number of thiazole rings is 1. The van der Waals surface area contributed by atoms with E-state index in [4.69, 9.17) is 11.6 Å². The number of benzene rings is 1. The maximum Gasteiger partial charge on any atom is 0.148 e. The number of hydrogen-bond acceptors (Lipinski definition) is 3. The van der Waals surface area contributed by atoms with Gasteiger partial charge in [0.1, 0.15) is 10.2 Å². The van der Waals surface area contributed by atoms with E-state index in [0.717, 1.165) is 20.8 Å². The minimum Gasteiger partial charge on any atom is -0.243 e. The SMILES string of the molecule is Cc1ccc(-c2nc3ccnc(Cl)c3s2)c(C)c1. The summed E-state index contributed by atoms with van der Waals surface area (Å²) in [4.78, 5) is 8.72.